The Bertz CT molecular complexity index is 1390. The van der Waals surface area contributed by atoms with E-state index in [4.69, 9.17) is 13.9 Å². The molecule has 4 aromatic rings. The molecule has 8 heteroatoms. The van der Waals surface area contributed by atoms with E-state index >= 15 is 0 Å². The lowest BCUT2D eigenvalue weighted by atomic mass is 10.1. The second-order valence-corrected chi connectivity index (χ2v) is 7.84. The SMILES string of the molecule is COc1ccc(CN2C(=O)c3ccccc3C2=O)cc1C(=O)OCc1ncc(-c2ccccc2)o1. The number of oxazole rings is 1. The molecule has 1 aromatic heterocycles. The van der Waals surface area contributed by atoms with Gasteiger partial charge in [-0.25, -0.2) is 9.78 Å². The van der Waals surface area contributed by atoms with Gasteiger partial charge in [-0.15, -0.1) is 0 Å². The van der Waals surface area contributed by atoms with Crippen LogP contribution in [0.2, 0.25) is 0 Å². The Morgan fingerprint density at radius 2 is 1.63 bits per heavy atom. The van der Waals surface area contributed by atoms with Gasteiger partial charge in [0.2, 0.25) is 5.89 Å². The van der Waals surface area contributed by atoms with Gasteiger partial charge in [-0.05, 0) is 29.8 Å². The Labute approximate surface area is 200 Å². The molecule has 8 nitrogen and oxygen atoms in total. The highest BCUT2D eigenvalue weighted by Gasteiger charge is 2.35. The van der Waals surface area contributed by atoms with Crippen LogP contribution in [0.1, 0.15) is 42.5 Å². The number of imide groups is 1. The maximum Gasteiger partial charge on any atom is 0.342 e. The molecule has 2 amide bonds. The van der Waals surface area contributed by atoms with Crippen LogP contribution in [0.5, 0.6) is 5.75 Å². The van der Waals surface area contributed by atoms with Crippen molar-refractivity contribution in [2.75, 3.05) is 7.11 Å². The maximum atomic E-state index is 12.9. The largest absolute Gasteiger partial charge is 0.496 e. The molecule has 2 heterocycles. The van der Waals surface area contributed by atoms with Crippen molar-refractivity contribution in [3.8, 4) is 17.1 Å². The number of ether oxygens (including phenoxy) is 2. The lowest BCUT2D eigenvalue weighted by Crippen LogP contribution is -2.29. The first-order valence-corrected chi connectivity index (χ1v) is 10.8. The van der Waals surface area contributed by atoms with Crippen LogP contribution in [0.25, 0.3) is 11.3 Å². The number of carbonyl (C=O) groups excluding carboxylic acids is 3. The molecular formula is C27H20N2O6. The van der Waals surface area contributed by atoms with Crippen LogP contribution in [0.3, 0.4) is 0 Å². The van der Waals surface area contributed by atoms with E-state index in [2.05, 4.69) is 4.98 Å². The number of esters is 1. The van der Waals surface area contributed by atoms with E-state index in [1.807, 2.05) is 30.3 Å². The van der Waals surface area contributed by atoms with Crippen molar-refractivity contribution >= 4 is 17.8 Å². The number of aromatic nitrogens is 1. The highest BCUT2D eigenvalue weighted by Crippen LogP contribution is 2.27. The Balaban J connectivity index is 1.30. The summed E-state index contributed by atoms with van der Waals surface area (Å²) in [7, 11) is 1.44. The Morgan fingerprint density at radius 3 is 2.31 bits per heavy atom. The Morgan fingerprint density at radius 1 is 0.943 bits per heavy atom. The maximum absolute atomic E-state index is 12.9. The molecule has 5 rings (SSSR count). The zero-order chi connectivity index (χ0) is 24.4. The summed E-state index contributed by atoms with van der Waals surface area (Å²) in [6.07, 6.45) is 1.57. The summed E-state index contributed by atoms with van der Waals surface area (Å²) >= 11 is 0. The molecule has 0 fully saturated rings. The number of methoxy groups -OCH3 is 1. The Kier molecular flexibility index (Phi) is 5.85. The van der Waals surface area contributed by atoms with Crippen molar-refractivity contribution in [2.24, 2.45) is 0 Å². The number of amides is 2. The van der Waals surface area contributed by atoms with Gasteiger partial charge in [-0.3, -0.25) is 14.5 Å². The summed E-state index contributed by atoms with van der Waals surface area (Å²) in [5, 5.41) is 0. The predicted molar refractivity (Wildman–Crippen MR) is 125 cm³/mol. The molecular weight excluding hydrogens is 448 g/mol. The fourth-order valence-electron chi connectivity index (χ4n) is 3.90. The van der Waals surface area contributed by atoms with Gasteiger partial charge in [0.15, 0.2) is 12.4 Å². The van der Waals surface area contributed by atoms with Crippen LogP contribution in [0.15, 0.2) is 83.4 Å². The summed E-state index contributed by atoms with van der Waals surface area (Å²) in [6, 6.07) is 21.0. The minimum Gasteiger partial charge on any atom is -0.496 e. The summed E-state index contributed by atoms with van der Waals surface area (Å²) < 4.78 is 16.4. The standard InChI is InChI=1S/C27H20N2O6/c1-33-22-12-11-17(15-29-25(30)19-9-5-6-10-20(19)26(29)31)13-21(22)27(32)34-16-24-28-14-23(35-24)18-7-3-2-4-8-18/h2-14H,15-16H2,1H3. The molecule has 0 aliphatic carbocycles. The Hall–Kier alpha value is -4.72. The predicted octanol–water partition coefficient (Wildman–Crippen LogP) is 4.50. The number of rotatable bonds is 7. The van der Waals surface area contributed by atoms with Crippen molar-refractivity contribution in [3.63, 3.8) is 0 Å². The molecule has 0 N–H and O–H groups in total. The average molecular weight is 468 g/mol. The van der Waals surface area contributed by atoms with Crippen LogP contribution in [0, 0.1) is 0 Å². The number of nitrogens with zero attached hydrogens (tertiary/aromatic N) is 2. The fraction of sp³-hybridized carbons (Fsp3) is 0.111. The summed E-state index contributed by atoms with van der Waals surface area (Å²) in [5.41, 5.74) is 2.34. The number of benzene rings is 3. The highest BCUT2D eigenvalue weighted by atomic mass is 16.5. The first-order chi connectivity index (χ1) is 17.0. The summed E-state index contributed by atoms with van der Waals surface area (Å²) in [4.78, 5) is 43.5. The highest BCUT2D eigenvalue weighted by molar-refractivity contribution is 6.21. The van der Waals surface area contributed by atoms with Crippen LogP contribution >= 0.6 is 0 Å². The summed E-state index contributed by atoms with van der Waals surface area (Å²) in [6.45, 7) is -0.158. The second kappa shape index (κ2) is 9.26. The third-order valence-electron chi connectivity index (χ3n) is 5.64. The van der Waals surface area contributed by atoms with Gasteiger partial charge in [0, 0.05) is 5.56 Å². The average Bonchev–Trinajstić information content (AvgIpc) is 3.47. The molecule has 174 valence electrons. The lowest BCUT2D eigenvalue weighted by Gasteiger charge is -2.15. The van der Waals surface area contributed by atoms with Crippen molar-refractivity contribution in [1.82, 2.24) is 9.88 Å². The third kappa shape index (κ3) is 4.29. The molecule has 0 unspecified atom stereocenters. The molecule has 0 saturated heterocycles. The molecule has 0 saturated carbocycles. The van der Waals surface area contributed by atoms with Crippen molar-refractivity contribution < 1.29 is 28.3 Å². The first-order valence-electron chi connectivity index (χ1n) is 10.8. The molecule has 0 spiro atoms. The quantitative estimate of drug-likeness (QED) is 0.291. The van der Waals surface area contributed by atoms with Crippen LogP contribution in [-0.4, -0.2) is 34.8 Å². The van der Waals surface area contributed by atoms with Gasteiger partial charge in [0.1, 0.15) is 11.3 Å². The van der Waals surface area contributed by atoms with Gasteiger partial charge >= 0.3 is 5.97 Å². The first kappa shape index (κ1) is 22.1. The molecule has 3 aromatic carbocycles. The zero-order valence-electron chi connectivity index (χ0n) is 18.8. The molecule has 0 radical (unpaired) electrons. The fourth-order valence-corrected chi connectivity index (χ4v) is 3.90. The third-order valence-corrected chi connectivity index (χ3v) is 5.64. The van der Waals surface area contributed by atoms with Crippen LogP contribution in [0.4, 0.5) is 0 Å². The van der Waals surface area contributed by atoms with Crippen molar-refractivity contribution in [3.05, 3.63) is 107 Å². The van der Waals surface area contributed by atoms with Gasteiger partial charge in [0.25, 0.3) is 11.8 Å². The second-order valence-electron chi connectivity index (χ2n) is 7.84. The lowest BCUT2D eigenvalue weighted by molar-refractivity contribution is 0.0435. The van der Waals surface area contributed by atoms with E-state index in [0.29, 0.717) is 28.2 Å². The number of fused-ring (bicyclic) bond motifs is 1. The van der Waals surface area contributed by atoms with Gasteiger partial charge in [0.05, 0.1) is 31.0 Å². The van der Waals surface area contributed by atoms with Crippen molar-refractivity contribution in [1.29, 1.82) is 0 Å². The van der Waals surface area contributed by atoms with Gasteiger partial charge in [-0.1, -0.05) is 48.5 Å². The van der Waals surface area contributed by atoms with Gasteiger partial charge in [-0.2, -0.15) is 0 Å². The van der Waals surface area contributed by atoms with E-state index in [-0.39, 0.29) is 36.4 Å². The number of carbonyl (C=O) groups is 3. The van der Waals surface area contributed by atoms with E-state index < -0.39 is 5.97 Å². The molecule has 0 atom stereocenters. The molecule has 1 aliphatic heterocycles. The monoisotopic (exact) mass is 468 g/mol. The van der Waals surface area contributed by atoms with Crippen LogP contribution < -0.4 is 4.74 Å². The van der Waals surface area contributed by atoms with Crippen molar-refractivity contribution in [2.45, 2.75) is 13.2 Å². The minimum atomic E-state index is -0.648. The van der Waals surface area contributed by atoms with E-state index in [0.717, 1.165) is 10.5 Å². The van der Waals surface area contributed by atoms with E-state index in [9.17, 15) is 14.4 Å². The minimum absolute atomic E-state index is 0.0107. The smallest absolute Gasteiger partial charge is 0.342 e. The number of hydrogen-bond acceptors (Lipinski definition) is 7. The topological polar surface area (TPSA) is 98.9 Å². The van der Waals surface area contributed by atoms with Crippen LogP contribution in [-0.2, 0) is 17.9 Å². The normalized spacial score (nSPS) is 12.5. The van der Waals surface area contributed by atoms with E-state index in [1.165, 1.54) is 7.11 Å². The van der Waals surface area contributed by atoms with E-state index in [1.54, 1.807) is 48.7 Å². The molecule has 35 heavy (non-hydrogen) atoms. The summed E-state index contributed by atoms with van der Waals surface area (Å²) in [5.74, 6) is -0.271. The number of hydrogen-bond donors (Lipinski definition) is 0. The molecule has 1 aliphatic rings. The zero-order valence-corrected chi connectivity index (χ0v) is 18.8. The molecule has 0 bridgehead atoms. The van der Waals surface area contributed by atoms with Gasteiger partial charge < -0.3 is 13.9 Å².